The highest BCUT2D eigenvalue weighted by Gasteiger charge is 2.34. The first-order chi connectivity index (χ1) is 15.8. The van der Waals surface area contributed by atoms with Crippen LogP contribution in [-0.4, -0.2) is 16.9 Å². The van der Waals surface area contributed by atoms with Gasteiger partial charge in [-0.1, -0.05) is 64.0 Å². The summed E-state index contributed by atoms with van der Waals surface area (Å²) in [4.78, 5) is 27.4. The van der Waals surface area contributed by atoms with Crippen LogP contribution < -0.4 is 15.0 Å². The summed E-state index contributed by atoms with van der Waals surface area (Å²) >= 11 is 12.3. The first kappa shape index (κ1) is 23.4. The van der Waals surface area contributed by atoms with Crippen LogP contribution in [0.5, 0.6) is 5.75 Å². The van der Waals surface area contributed by atoms with E-state index in [4.69, 9.17) is 17.0 Å². The molecule has 1 aliphatic rings. The standard InChI is InChI=1S/C25H18Br2N2O3S/c1-15-7-9-19(10-8-15)29-24(31)20(23(30)28-25(29)33)12-17-11-18(26)13-21(27)22(17)32-14-16-5-3-2-4-6-16/h2-13H,14H2,1H3,(H,28,30,33)/b20-12+. The predicted molar refractivity (Wildman–Crippen MR) is 140 cm³/mol. The molecule has 2 amide bonds. The van der Waals surface area contributed by atoms with Crippen molar-refractivity contribution in [3.63, 3.8) is 0 Å². The van der Waals surface area contributed by atoms with Crippen LogP contribution in [0.2, 0.25) is 0 Å². The Balaban J connectivity index is 1.72. The first-order valence-electron chi connectivity index (χ1n) is 9.97. The lowest BCUT2D eigenvalue weighted by Crippen LogP contribution is -2.54. The van der Waals surface area contributed by atoms with E-state index in [2.05, 4.69) is 37.2 Å². The van der Waals surface area contributed by atoms with Crippen LogP contribution in [0.15, 0.2) is 81.2 Å². The van der Waals surface area contributed by atoms with Gasteiger partial charge in [0, 0.05) is 10.0 Å². The minimum atomic E-state index is -0.557. The molecule has 0 saturated carbocycles. The Hall–Kier alpha value is -2.81. The molecule has 1 N–H and O–H groups in total. The number of anilines is 1. The Bertz CT molecular complexity index is 1270. The number of rotatable bonds is 5. The third kappa shape index (κ3) is 5.24. The van der Waals surface area contributed by atoms with Gasteiger partial charge in [-0.25, -0.2) is 0 Å². The van der Waals surface area contributed by atoms with Crippen molar-refractivity contribution in [2.45, 2.75) is 13.5 Å². The van der Waals surface area contributed by atoms with Crippen LogP contribution >= 0.6 is 44.1 Å². The number of carbonyl (C=O) groups is 2. The average molecular weight is 586 g/mol. The molecule has 0 aliphatic carbocycles. The molecule has 8 heteroatoms. The SMILES string of the molecule is Cc1ccc(N2C(=O)/C(=C/c3cc(Br)cc(Br)c3OCc3ccccc3)C(=O)NC2=S)cc1. The molecule has 5 nitrogen and oxygen atoms in total. The van der Waals surface area contributed by atoms with E-state index in [1.165, 1.54) is 11.0 Å². The van der Waals surface area contributed by atoms with Crippen LogP contribution in [0.4, 0.5) is 5.69 Å². The highest BCUT2D eigenvalue weighted by molar-refractivity contribution is 9.11. The maximum absolute atomic E-state index is 13.3. The number of thiocarbonyl (C=S) groups is 1. The van der Waals surface area contributed by atoms with E-state index in [1.807, 2.05) is 55.5 Å². The fourth-order valence-corrected chi connectivity index (χ4v) is 4.96. The Morgan fingerprint density at radius 1 is 1.03 bits per heavy atom. The number of aryl methyl sites for hydroxylation is 1. The molecule has 0 bridgehead atoms. The lowest BCUT2D eigenvalue weighted by atomic mass is 10.1. The van der Waals surface area contributed by atoms with Gasteiger partial charge in [-0.15, -0.1) is 0 Å². The largest absolute Gasteiger partial charge is 0.487 e. The molecular weight excluding hydrogens is 568 g/mol. The zero-order valence-corrected chi connectivity index (χ0v) is 21.5. The summed E-state index contributed by atoms with van der Waals surface area (Å²) in [5, 5.41) is 2.66. The van der Waals surface area contributed by atoms with Crippen LogP contribution in [0.1, 0.15) is 16.7 Å². The number of amides is 2. The molecule has 0 radical (unpaired) electrons. The molecular formula is C25H18Br2N2O3S. The predicted octanol–water partition coefficient (Wildman–Crippen LogP) is 5.93. The minimum absolute atomic E-state index is 0.0428. The molecule has 4 rings (SSSR count). The first-order valence-corrected chi connectivity index (χ1v) is 12.0. The quantitative estimate of drug-likeness (QED) is 0.229. The van der Waals surface area contributed by atoms with Gasteiger partial charge in [0.05, 0.1) is 10.2 Å². The third-order valence-corrected chi connectivity index (χ3v) is 6.29. The van der Waals surface area contributed by atoms with Gasteiger partial charge in [-0.3, -0.25) is 19.8 Å². The normalized spacial score (nSPS) is 15.1. The van der Waals surface area contributed by atoms with Crippen molar-refractivity contribution in [2.24, 2.45) is 0 Å². The average Bonchev–Trinajstić information content (AvgIpc) is 2.78. The van der Waals surface area contributed by atoms with Gasteiger partial charge in [0.2, 0.25) is 0 Å². The number of hydrogen-bond acceptors (Lipinski definition) is 4. The van der Waals surface area contributed by atoms with E-state index in [1.54, 1.807) is 18.2 Å². The van der Waals surface area contributed by atoms with Crippen LogP contribution in [-0.2, 0) is 16.2 Å². The van der Waals surface area contributed by atoms with Crippen LogP contribution in [0, 0.1) is 6.92 Å². The van der Waals surface area contributed by atoms with Gasteiger partial charge in [0.25, 0.3) is 11.8 Å². The molecule has 1 fully saturated rings. The minimum Gasteiger partial charge on any atom is -0.487 e. The maximum atomic E-state index is 13.3. The summed E-state index contributed by atoms with van der Waals surface area (Å²) in [6.45, 7) is 2.28. The zero-order chi connectivity index (χ0) is 23.5. The summed E-state index contributed by atoms with van der Waals surface area (Å²) < 4.78 is 7.53. The lowest BCUT2D eigenvalue weighted by molar-refractivity contribution is -0.122. The number of benzene rings is 3. The summed E-state index contributed by atoms with van der Waals surface area (Å²) in [6.07, 6.45) is 1.52. The third-order valence-electron chi connectivity index (χ3n) is 4.96. The van der Waals surface area contributed by atoms with Crippen molar-refractivity contribution in [2.75, 3.05) is 4.90 Å². The molecule has 1 heterocycles. The molecule has 0 unspecified atom stereocenters. The van der Waals surface area contributed by atoms with Crippen molar-refractivity contribution in [3.05, 3.63) is 97.9 Å². The second-order valence-electron chi connectivity index (χ2n) is 7.37. The van der Waals surface area contributed by atoms with Crippen molar-refractivity contribution < 1.29 is 14.3 Å². The Morgan fingerprint density at radius 3 is 2.42 bits per heavy atom. The Labute approximate surface area is 213 Å². The summed E-state index contributed by atoms with van der Waals surface area (Å²) in [6, 6.07) is 20.7. The van der Waals surface area contributed by atoms with Crippen molar-refractivity contribution >= 4 is 72.8 Å². The zero-order valence-electron chi connectivity index (χ0n) is 17.5. The van der Waals surface area contributed by atoms with E-state index in [0.717, 1.165) is 15.6 Å². The number of halogens is 2. The molecule has 0 atom stereocenters. The molecule has 1 aliphatic heterocycles. The van der Waals surface area contributed by atoms with Gasteiger partial charge in [0.15, 0.2) is 5.11 Å². The van der Waals surface area contributed by atoms with Gasteiger partial charge < -0.3 is 4.74 Å². The number of nitrogens with zero attached hydrogens (tertiary/aromatic N) is 1. The van der Waals surface area contributed by atoms with Crippen molar-refractivity contribution in [3.8, 4) is 5.75 Å². The van der Waals surface area contributed by atoms with Crippen LogP contribution in [0.25, 0.3) is 6.08 Å². The van der Waals surface area contributed by atoms with Crippen molar-refractivity contribution in [1.82, 2.24) is 5.32 Å². The monoisotopic (exact) mass is 584 g/mol. The van der Waals surface area contributed by atoms with E-state index < -0.39 is 11.8 Å². The summed E-state index contributed by atoms with van der Waals surface area (Å²) in [7, 11) is 0. The maximum Gasteiger partial charge on any atom is 0.270 e. The fourth-order valence-electron chi connectivity index (χ4n) is 3.31. The molecule has 1 saturated heterocycles. The smallest absolute Gasteiger partial charge is 0.270 e. The van der Waals surface area contributed by atoms with Gasteiger partial charge >= 0.3 is 0 Å². The number of hydrogen-bond donors (Lipinski definition) is 1. The fraction of sp³-hybridized carbons (Fsp3) is 0.0800. The molecule has 33 heavy (non-hydrogen) atoms. The highest BCUT2D eigenvalue weighted by atomic mass is 79.9. The molecule has 3 aromatic rings. The number of ether oxygens (including phenoxy) is 1. The summed E-state index contributed by atoms with van der Waals surface area (Å²) in [5.74, 6) is -0.540. The van der Waals surface area contributed by atoms with E-state index in [9.17, 15) is 9.59 Å². The molecule has 166 valence electrons. The Kier molecular flexibility index (Phi) is 7.07. The molecule has 3 aromatic carbocycles. The topological polar surface area (TPSA) is 58.6 Å². The van der Waals surface area contributed by atoms with E-state index in [-0.39, 0.29) is 10.7 Å². The van der Waals surface area contributed by atoms with Crippen molar-refractivity contribution in [1.29, 1.82) is 0 Å². The van der Waals surface area contributed by atoms with Gasteiger partial charge in [0.1, 0.15) is 17.9 Å². The Morgan fingerprint density at radius 2 is 1.73 bits per heavy atom. The summed E-state index contributed by atoms with van der Waals surface area (Å²) in [5.41, 5.74) is 3.15. The lowest BCUT2D eigenvalue weighted by Gasteiger charge is -2.29. The van der Waals surface area contributed by atoms with E-state index >= 15 is 0 Å². The van der Waals surface area contributed by atoms with E-state index in [0.29, 0.717) is 28.1 Å². The molecule has 0 aromatic heterocycles. The van der Waals surface area contributed by atoms with Gasteiger partial charge in [-0.2, -0.15) is 0 Å². The van der Waals surface area contributed by atoms with Gasteiger partial charge in [-0.05, 0) is 71.0 Å². The number of nitrogens with one attached hydrogen (secondary N) is 1. The second kappa shape index (κ2) is 9.99. The number of carbonyl (C=O) groups excluding carboxylic acids is 2. The van der Waals surface area contributed by atoms with Crippen LogP contribution in [0.3, 0.4) is 0 Å². The molecule has 0 spiro atoms. The second-order valence-corrected chi connectivity index (χ2v) is 9.53. The highest BCUT2D eigenvalue weighted by Crippen LogP contribution is 2.35.